The van der Waals surface area contributed by atoms with Crippen molar-refractivity contribution in [2.24, 2.45) is 0 Å². The van der Waals surface area contributed by atoms with Crippen LogP contribution in [0.25, 0.3) is 0 Å². The molecule has 9 heteroatoms. The Labute approximate surface area is 182 Å². The number of benzene rings is 2. The van der Waals surface area contributed by atoms with Crippen LogP contribution in [0.2, 0.25) is 5.02 Å². The molecule has 0 bridgehead atoms. The summed E-state index contributed by atoms with van der Waals surface area (Å²) in [6, 6.07) is 15.6. The molecule has 0 saturated heterocycles. The summed E-state index contributed by atoms with van der Waals surface area (Å²) in [5, 5.41) is 3.33. The second-order valence-electron chi connectivity index (χ2n) is 7.01. The first-order valence-corrected chi connectivity index (χ1v) is 11.6. The van der Waals surface area contributed by atoms with Crippen molar-refractivity contribution in [2.45, 2.75) is 26.1 Å². The number of nitrogens with one attached hydrogen (secondary N) is 1. The third-order valence-corrected chi connectivity index (χ3v) is 6.33. The molecular weight excluding hydrogens is 426 g/mol. The maximum absolute atomic E-state index is 12.9. The van der Waals surface area contributed by atoms with Gasteiger partial charge in [-0.05, 0) is 24.1 Å². The van der Waals surface area contributed by atoms with Gasteiger partial charge in [0.15, 0.2) is 0 Å². The van der Waals surface area contributed by atoms with E-state index in [9.17, 15) is 18.0 Å². The van der Waals surface area contributed by atoms with Crippen LogP contribution in [0.15, 0.2) is 54.6 Å². The molecule has 0 radical (unpaired) electrons. The molecule has 0 aromatic heterocycles. The summed E-state index contributed by atoms with van der Waals surface area (Å²) in [5.41, 5.74) is 1.59. The van der Waals surface area contributed by atoms with E-state index in [0.717, 1.165) is 21.7 Å². The lowest BCUT2D eigenvalue weighted by molar-refractivity contribution is -0.140. The molecule has 0 spiro atoms. The number of amides is 2. The van der Waals surface area contributed by atoms with Crippen LogP contribution >= 0.6 is 11.6 Å². The van der Waals surface area contributed by atoms with Crippen LogP contribution in [-0.4, -0.2) is 55.3 Å². The fourth-order valence-corrected chi connectivity index (χ4v) is 3.28. The summed E-state index contributed by atoms with van der Waals surface area (Å²) in [6.45, 7) is 1.66. The quantitative estimate of drug-likeness (QED) is 0.633. The molecule has 0 aliphatic heterocycles. The highest BCUT2D eigenvalue weighted by Gasteiger charge is 2.28. The lowest BCUT2D eigenvalue weighted by Gasteiger charge is -2.30. The normalized spacial score (nSPS) is 12.4. The average Bonchev–Trinajstić information content (AvgIpc) is 2.70. The van der Waals surface area contributed by atoms with E-state index in [0.29, 0.717) is 5.02 Å². The van der Waals surface area contributed by atoms with Crippen LogP contribution in [0.3, 0.4) is 0 Å². The SMILES string of the molecule is CC(C(=O)NCc1ccccc1Cl)N(Cc1ccccc1)C(=O)CN(C)S(C)(=O)=O. The number of hydrogen-bond acceptors (Lipinski definition) is 4. The van der Waals surface area contributed by atoms with Gasteiger partial charge in [-0.25, -0.2) is 8.42 Å². The van der Waals surface area contributed by atoms with Gasteiger partial charge in [-0.15, -0.1) is 0 Å². The number of carbonyl (C=O) groups is 2. The van der Waals surface area contributed by atoms with Gasteiger partial charge in [0, 0.05) is 25.2 Å². The minimum Gasteiger partial charge on any atom is -0.350 e. The van der Waals surface area contributed by atoms with E-state index in [1.807, 2.05) is 36.4 Å². The standard InChI is InChI=1S/C21H26ClN3O4S/c1-16(21(27)23-13-18-11-7-8-12-19(18)22)25(14-17-9-5-4-6-10-17)20(26)15-24(2)30(3,28)29/h4-12,16H,13-15H2,1-3H3,(H,23,27). The van der Waals surface area contributed by atoms with Crippen molar-refractivity contribution in [3.05, 3.63) is 70.7 Å². The van der Waals surface area contributed by atoms with Crippen molar-refractivity contribution in [1.82, 2.24) is 14.5 Å². The molecule has 0 aliphatic carbocycles. The molecule has 7 nitrogen and oxygen atoms in total. The molecule has 2 aromatic rings. The number of sulfonamides is 1. The maximum atomic E-state index is 12.9. The molecule has 2 amide bonds. The molecule has 0 aliphatic rings. The fourth-order valence-electron chi connectivity index (χ4n) is 2.73. The molecular formula is C21H26ClN3O4S. The minimum atomic E-state index is -3.53. The molecule has 1 N–H and O–H groups in total. The van der Waals surface area contributed by atoms with Crippen molar-refractivity contribution in [2.75, 3.05) is 19.8 Å². The molecule has 1 atom stereocenters. The van der Waals surface area contributed by atoms with Crippen molar-refractivity contribution in [3.8, 4) is 0 Å². The number of carbonyl (C=O) groups excluding carboxylic acids is 2. The van der Waals surface area contributed by atoms with E-state index in [1.165, 1.54) is 11.9 Å². The van der Waals surface area contributed by atoms with Gasteiger partial charge in [0.25, 0.3) is 0 Å². The van der Waals surface area contributed by atoms with E-state index in [-0.39, 0.29) is 25.5 Å². The highest BCUT2D eigenvalue weighted by molar-refractivity contribution is 7.88. The Morgan fingerprint density at radius 1 is 1.07 bits per heavy atom. The predicted octanol–water partition coefficient (Wildman–Crippen LogP) is 2.26. The largest absolute Gasteiger partial charge is 0.350 e. The zero-order chi connectivity index (χ0) is 22.3. The molecule has 30 heavy (non-hydrogen) atoms. The monoisotopic (exact) mass is 451 g/mol. The first-order valence-electron chi connectivity index (χ1n) is 9.35. The van der Waals surface area contributed by atoms with Crippen LogP contribution in [-0.2, 0) is 32.7 Å². The number of rotatable bonds is 9. The summed E-state index contributed by atoms with van der Waals surface area (Å²) in [7, 11) is -2.20. The molecule has 1 unspecified atom stereocenters. The Morgan fingerprint density at radius 2 is 1.67 bits per heavy atom. The first kappa shape index (κ1) is 23.9. The van der Waals surface area contributed by atoms with E-state index in [4.69, 9.17) is 11.6 Å². The van der Waals surface area contributed by atoms with E-state index in [1.54, 1.807) is 25.1 Å². The Kier molecular flexibility index (Phi) is 8.40. The van der Waals surface area contributed by atoms with Gasteiger partial charge in [-0.3, -0.25) is 9.59 Å². The Morgan fingerprint density at radius 3 is 2.27 bits per heavy atom. The second kappa shape index (κ2) is 10.6. The summed E-state index contributed by atoms with van der Waals surface area (Å²) in [5.74, 6) is -0.826. The van der Waals surface area contributed by atoms with Crippen molar-refractivity contribution >= 4 is 33.4 Å². The lowest BCUT2D eigenvalue weighted by atomic mass is 10.1. The van der Waals surface area contributed by atoms with Gasteiger partial charge in [0.1, 0.15) is 6.04 Å². The smallest absolute Gasteiger partial charge is 0.242 e. The zero-order valence-electron chi connectivity index (χ0n) is 17.2. The number of nitrogens with zero attached hydrogens (tertiary/aromatic N) is 2. The molecule has 0 heterocycles. The third-order valence-electron chi connectivity index (χ3n) is 4.70. The highest BCUT2D eigenvalue weighted by atomic mass is 35.5. The molecule has 2 aromatic carbocycles. The number of likely N-dealkylation sites (N-methyl/N-ethyl adjacent to an activating group) is 1. The summed E-state index contributed by atoms with van der Waals surface area (Å²) in [4.78, 5) is 27.0. The zero-order valence-corrected chi connectivity index (χ0v) is 18.8. The Hall–Kier alpha value is -2.42. The van der Waals surface area contributed by atoms with Gasteiger partial charge in [-0.1, -0.05) is 60.1 Å². The van der Waals surface area contributed by atoms with Crippen LogP contribution in [0.5, 0.6) is 0 Å². The van der Waals surface area contributed by atoms with E-state index >= 15 is 0 Å². The van der Waals surface area contributed by atoms with Gasteiger partial charge in [-0.2, -0.15) is 4.31 Å². The van der Waals surface area contributed by atoms with Gasteiger partial charge in [0.2, 0.25) is 21.8 Å². The topological polar surface area (TPSA) is 86.8 Å². The summed E-state index contributed by atoms with van der Waals surface area (Å²) >= 11 is 6.13. The Bertz CT molecular complexity index is 983. The van der Waals surface area contributed by atoms with Gasteiger partial charge < -0.3 is 10.2 Å². The van der Waals surface area contributed by atoms with Crippen LogP contribution in [0, 0.1) is 0 Å². The highest BCUT2D eigenvalue weighted by Crippen LogP contribution is 2.15. The first-order chi connectivity index (χ1) is 14.1. The average molecular weight is 452 g/mol. The lowest BCUT2D eigenvalue weighted by Crippen LogP contribution is -2.50. The van der Waals surface area contributed by atoms with Gasteiger partial charge >= 0.3 is 0 Å². The van der Waals surface area contributed by atoms with Crippen molar-refractivity contribution < 1.29 is 18.0 Å². The van der Waals surface area contributed by atoms with Gasteiger partial charge in [0.05, 0.1) is 12.8 Å². The Balaban J connectivity index is 2.16. The predicted molar refractivity (Wildman–Crippen MR) is 117 cm³/mol. The van der Waals surface area contributed by atoms with Crippen LogP contribution in [0.4, 0.5) is 0 Å². The summed E-state index contributed by atoms with van der Waals surface area (Å²) in [6.07, 6.45) is 1.03. The van der Waals surface area contributed by atoms with Crippen molar-refractivity contribution in [1.29, 1.82) is 0 Å². The summed E-state index contributed by atoms with van der Waals surface area (Å²) < 4.78 is 24.4. The van der Waals surface area contributed by atoms with Crippen molar-refractivity contribution in [3.63, 3.8) is 0 Å². The van der Waals surface area contributed by atoms with Crippen LogP contribution in [0.1, 0.15) is 18.1 Å². The number of hydrogen-bond donors (Lipinski definition) is 1. The third kappa shape index (κ3) is 6.83. The molecule has 0 fully saturated rings. The molecule has 162 valence electrons. The molecule has 0 saturated carbocycles. The second-order valence-corrected chi connectivity index (χ2v) is 9.51. The minimum absolute atomic E-state index is 0.179. The maximum Gasteiger partial charge on any atom is 0.242 e. The fraction of sp³-hybridized carbons (Fsp3) is 0.333. The van der Waals surface area contributed by atoms with E-state index < -0.39 is 22.0 Å². The van der Waals surface area contributed by atoms with Crippen LogP contribution < -0.4 is 5.32 Å². The van der Waals surface area contributed by atoms with E-state index in [2.05, 4.69) is 5.32 Å². The molecule has 2 rings (SSSR count). The number of halogens is 1.